The number of hydrogen-bond donors (Lipinski definition) is 1. The first kappa shape index (κ1) is 13.7. The molecule has 100 valence electrons. The highest BCUT2D eigenvalue weighted by atomic mass is 32.1. The van der Waals surface area contributed by atoms with Crippen LogP contribution in [0.4, 0.5) is 0 Å². The molecule has 0 unspecified atom stereocenters. The van der Waals surface area contributed by atoms with Crippen LogP contribution in [0.1, 0.15) is 51.3 Å². The molecule has 0 aliphatic rings. The number of benzene rings is 1. The molecule has 0 saturated carbocycles. The molecule has 1 aromatic carbocycles. The van der Waals surface area contributed by atoms with Gasteiger partial charge in [-0.05, 0) is 24.0 Å². The number of aryl methyl sites for hydroxylation is 1. The van der Waals surface area contributed by atoms with Crippen LogP contribution in [0.25, 0.3) is 0 Å². The fraction of sp³-hybridized carbons (Fsp3) is 0.333. The Morgan fingerprint density at radius 1 is 1.32 bits per heavy atom. The van der Waals surface area contributed by atoms with Gasteiger partial charge in [0.05, 0.1) is 10.7 Å². The summed E-state index contributed by atoms with van der Waals surface area (Å²) in [6.07, 6.45) is 0.692. The van der Waals surface area contributed by atoms with E-state index in [4.69, 9.17) is 5.11 Å². The van der Waals surface area contributed by atoms with E-state index in [9.17, 15) is 4.79 Å². The van der Waals surface area contributed by atoms with Gasteiger partial charge in [-0.25, -0.2) is 9.78 Å². The molecule has 0 aliphatic heterocycles. The van der Waals surface area contributed by atoms with Gasteiger partial charge in [0.25, 0.3) is 0 Å². The molecule has 19 heavy (non-hydrogen) atoms. The van der Waals surface area contributed by atoms with E-state index >= 15 is 0 Å². The summed E-state index contributed by atoms with van der Waals surface area (Å²) >= 11 is 1.26. The van der Waals surface area contributed by atoms with Gasteiger partial charge in [-0.15, -0.1) is 11.3 Å². The number of aromatic nitrogens is 1. The first-order valence-corrected chi connectivity index (χ1v) is 7.07. The molecule has 1 aromatic heterocycles. The molecule has 2 aromatic rings. The van der Waals surface area contributed by atoms with Crippen molar-refractivity contribution in [2.24, 2.45) is 0 Å². The van der Waals surface area contributed by atoms with Crippen LogP contribution >= 0.6 is 11.3 Å². The molecule has 0 spiro atoms. The van der Waals surface area contributed by atoms with Crippen molar-refractivity contribution in [3.8, 4) is 0 Å². The largest absolute Gasteiger partial charge is 0.477 e. The van der Waals surface area contributed by atoms with Crippen molar-refractivity contribution in [1.82, 2.24) is 4.98 Å². The van der Waals surface area contributed by atoms with Gasteiger partial charge in [0.15, 0.2) is 0 Å². The number of nitrogens with zero attached hydrogens (tertiary/aromatic N) is 1. The predicted octanol–water partition coefficient (Wildman–Crippen LogP) is 3.86. The molecule has 0 fully saturated rings. The summed E-state index contributed by atoms with van der Waals surface area (Å²) in [4.78, 5) is 15.6. The summed E-state index contributed by atoms with van der Waals surface area (Å²) in [6.45, 7) is 6.07. The minimum Gasteiger partial charge on any atom is -0.477 e. The maximum Gasteiger partial charge on any atom is 0.347 e. The number of carboxylic acids is 1. The highest BCUT2D eigenvalue weighted by molar-refractivity contribution is 7.13. The molecule has 3 nitrogen and oxygen atoms in total. The molecule has 0 saturated heterocycles. The van der Waals surface area contributed by atoms with E-state index in [0.29, 0.717) is 22.9 Å². The van der Waals surface area contributed by atoms with Crippen molar-refractivity contribution in [3.05, 3.63) is 51.0 Å². The van der Waals surface area contributed by atoms with E-state index in [0.717, 1.165) is 10.6 Å². The maximum absolute atomic E-state index is 11.0. The van der Waals surface area contributed by atoms with Crippen LogP contribution < -0.4 is 0 Å². The normalized spacial score (nSPS) is 10.9. The molecule has 0 bridgehead atoms. The maximum atomic E-state index is 11.0. The third-order valence-corrected chi connectivity index (χ3v) is 4.18. The molecule has 0 aliphatic carbocycles. The first-order valence-electron chi connectivity index (χ1n) is 6.26. The highest BCUT2D eigenvalue weighted by Gasteiger charge is 2.14. The number of aromatic carboxylic acids is 1. The fourth-order valence-electron chi connectivity index (χ4n) is 1.92. The summed E-state index contributed by atoms with van der Waals surface area (Å²) in [5.74, 6) is -0.369. The lowest BCUT2D eigenvalue weighted by atomic mass is 10.0. The van der Waals surface area contributed by atoms with Crippen molar-refractivity contribution in [2.75, 3.05) is 0 Å². The van der Waals surface area contributed by atoms with E-state index in [-0.39, 0.29) is 0 Å². The Labute approximate surface area is 116 Å². The molecule has 4 heteroatoms. The second kappa shape index (κ2) is 5.53. The highest BCUT2D eigenvalue weighted by Crippen LogP contribution is 2.22. The van der Waals surface area contributed by atoms with Crippen molar-refractivity contribution in [2.45, 2.75) is 33.1 Å². The van der Waals surface area contributed by atoms with E-state index in [1.807, 2.05) is 0 Å². The van der Waals surface area contributed by atoms with E-state index < -0.39 is 5.97 Å². The standard InChI is InChI=1S/C15H17NO2S/c1-9(2)12-6-4-11(5-7-12)8-13-16-10(3)14(19-13)15(17)18/h4-7,9H,8H2,1-3H3,(H,17,18). The van der Waals surface area contributed by atoms with Crippen LogP contribution in [0.2, 0.25) is 0 Å². The van der Waals surface area contributed by atoms with E-state index in [2.05, 4.69) is 43.1 Å². The lowest BCUT2D eigenvalue weighted by molar-refractivity contribution is 0.0701. The quantitative estimate of drug-likeness (QED) is 0.921. The smallest absolute Gasteiger partial charge is 0.347 e. The summed E-state index contributed by atoms with van der Waals surface area (Å²) < 4.78 is 0. The van der Waals surface area contributed by atoms with Crippen LogP contribution in [-0.2, 0) is 6.42 Å². The number of rotatable bonds is 4. The minimum atomic E-state index is -0.892. The van der Waals surface area contributed by atoms with Crippen molar-refractivity contribution >= 4 is 17.3 Å². The Bertz CT molecular complexity index is 585. The molecule has 0 radical (unpaired) electrons. The second-order valence-electron chi connectivity index (χ2n) is 4.90. The SMILES string of the molecule is Cc1nc(Cc2ccc(C(C)C)cc2)sc1C(=O)O. The third-order valence-electron chi connectivity index (χ3n) is 3.04. The molecule has 0 atom stereocenters. The van der Waals surface area contributed by atoms with Crippen LogP contribution in [-0.4, -0.2) is 16.1 Å². The monoisotopic (exact) mass is 275 g/mol. The molecule has 0 amide bonds. The van der Waals surface area contributed by atoms with Crippen LogP contribution in [0.3, 0.4) is 0 Å². The number of carbonyl (C=O) groups is 1. The average molecular weight is 275 g/mol. The fourth-order valence-corrected chi connectivity index (χ4v) is 2.86. The summed E-state index contributed by atoms with van der Waals surface area (Å²) in [5, 5.41) is 9.87. The second-order valence-corrected chi connectivity index (χ2v) is 5.98. The average Bonchev–Trinajstić information content (AvgIpc) is 2.71. The summed E-state index contributed by atoms with van der Waals surface area (Å²) in [5.41, 5.74) is 3.08. The molecule has 1 N–H and O–H groups in total. The Balaban J connectivity index is 2.17. The van der Waals surface area contributed by atoms with Gasteiger partial charge in [0.2, 0.25) is 0 Å². The predicted molar refractivity (Wildman–Crippen MR) is 77.1 cm³/mol. The van der Waals surface area contributed by atoms with Gasteiger partial charge < -0.3 is 5.11 Å². The third kappa shape index (κ3) is 3.20. The lowest BCUT2D eigenvalue weighted by Gasteiger charge is -2.05. The molecule has 1 heterocycles. The van der Waals surface area contributed by atoms with E-state index in [1.165, 1.54) is 16.9 Å². The van der Waals surface area contributed by atoms with Crippen LogP contribution in [0, 0.1) is 6.92 Å². The number of hydrogen-bond acceptors (Lipinski definition) is 3. The van der Waals surface area contributed by atoms with Gasteiger partial charge in [0.1, 0.15) is 4.88 Å². The Kier molecular flexibility index (Phi) is 4.00. The summed E-state index contributed by atoms with van der Waals surface area (Å²) in [7, 11) is 0. The zero-order valence-electron chi connectivity index (χ0n) is 11.3. The molecular weight excluding hydrogens is 258 g/mol. The molecular formula is C15H17NO2S. The van der Waals surface area contributed by atoms with Gasteiger partial charge in [-0.3, -0.25) is 0 Å². The Hall–Kier alpha value is -1.68. The Morgan fingerprint density at radius 3 is 2.42 bits per heavy atom. The zero-order chi connectivity index (χ0) is 14.0. The van der Waals surface area contributed by atoms with Crippen molar-refractivity contribution in [3.63, 3.8) is 0 Å². The minimum absolute atomic E-state index is 0.341. The van der Waals surface area contributed by atoms with Crippen molar-refractivity contribution in [1.29, 1.82) is 0 Å². The van der Waals surface area contributed by atoms with Gasteiger partial charge in [-0.2, -0.15) is 0 Å². The van der Waals surface area contributed by atoms with Gasteiger partial charge >= 0.3 is 5.97 Å². The number of carboxylic acid groups (broad SMARTS) is 1. The van der Waals surface area contributed by atoms with Crippen LogP contribution in [0.15, 0.2) is 24.3 Å². The Morgan fingerprint density at radius 2 is 1.95 bits per heavy atom. The van der Waals surface area contributed by atoms with Crippen molar-refractivity contribution < 1.29 is 9.90 Å². The van der Waals surface area contributed by atoms with Gasteiger partial charge in [0, 0.05) is 6.42 Å². The van der Waals surface area contributed by atoms with E-state index in [1.54, 1.807) is 6.92 Å². The summed E-state index contributed by atoms with van der Waals surface area (Å²) in [6, 6.07) is 8.43. The molecule has 2 rings (SSSR count). The topological polar surface area (TPSA) is 50.2 Å². The first-order chi connectivity index (χ1) is 8.97. The number of thiazole rings is 1. The van der Waals surface area contributed by atoms with Crippen LogP contribution in [0.5, 0.6) is 0 Å². The lowest BCUT2D eigenvalue weighted by Crippen LogP contribution is -1.94. The zero-order valence-corrected chi connectivity index (χ0v) is 12.1. The van der Waals surface area contributed by atoms with Gasteiger partial charge in [-0.1, -0.05) is 38.1 Å².